The van der Waals surface area contributed by atoms with Gasteiger partial charge in [0.2, 0.25) is 0 Å². The van der Waals surface area contributed by atoms with Gasteiger partial charge in [-0.3, -0.25) is 0 Å². The molecule has 0 radical (unpaired) electrons. The van der Waals surface area contributed by atoms with Gasteiger partial charge in [0.25, 0.3) is 0 Å². The Morgan fingerprint density at radius 1 is 1.33 bits per heavy atom. The molecule has 1 N–H and O–H groups in total. The number of halogens is 2. The molecule has 86 valence electrons. The van der Waals surface area contributed by atoms with Crippen LogP contribution in [0.4, 0.5) is 8.78 Å². The number of alkyl halides is 2. The molecular formula is C11H16F2O2. The van der Waals surface area contributed by atoms with Gasteiger partial charge in [0.15, 0.2) is 0 Å². The lowest BCUT2D eigenvalue weighted by molar-refractivity contribution is -0.0499. The topological polar surface area (TPSA) is 29.5 Å². The molecule has 0 aromatic heterocycles. The van der Waals surface area contributed by atoms with Crippen molar-refractivity contribution >= 4 is 0 Å². The van der Waals surface area contributed by atoms with Gasteiger partial charge in [0, 0.05) is 0 Å². The highest BCUT2D eigenvalue weighted by Crippen LogP contribution is 2.15. The quantitative estimate of drug-likeness (QED) is 0.844. The van der Waals surface area contributed by atoms with Crippen LogP contribution < -0.4 is 4.74 Å². The lowest BCUT2D eigenvalue weighted by Gasteiger charge is -2.04. The molecule has 4 heteroatoms. The molecule has 1 aromatic carbocycles. The molecule has 2 nitrogen and oxygen atoms in total. The first-order chi connectivity index (χ1) is 7.13. The second-order valence-corrected chi connectivity index (χ2v) is 2.89. The maximum Gasteiger partial charge on any atom is 0.387 e. The van der Waals surface area contributed by atoms with Crippen LogP contribution in [-0.4, -0.2) is 11.7 Å². The number of aliphatic hydroxyl groups excluding tert-OH is 1. The van der Waals surface area contributed by atoms with Gasteiger partial charge in [-0.05, 0) is 17.7 Å². The van der Waals surface area contributed by atoms with Gasteiger partial charge < -0.3 is 9.84 Å². The lowest BCUT2D eigenvalue weighted by Crippen LogP contribution is -2.01. The summed E-state index contributed by atoms with van der Waals surface area (Å²) in [5.41, 5.74) is 0.549. The highest BCUT2D eigenvalue weighted by molar-refractivity contribution is 5.27. The highest BCUT2D eigenvalue weighted by Gasteiger charge is 2.03. The number of hydrogen-bond acceptors (Lipinski definition) is 2. The van der Waals surface area contributed by atoms with Crippen LogP contribution in [0, 0.1) is 0 Å². The van der Waals surface area contributed by atoms with Crippen molar-refractivity contribution in [1.29, 1.82) is 0 Å². The summed E-state index contributed by atoms with van der Waals surface area (Å²) in [6, 6.07) is 5.94. The van der Waals surface area contributed by atoms with Crippen LogP contribution in [-0.2, 0) is 6.61 Å². The van der Waals surface area contributed by atoms with Crippen molar-refractivity contribution in [2.45, 2.75) is 33.5 Å². The van der Waals surface area contributed by atoms with Gasteiger partial charge in [-0.15, -0.1) is 0 Å². The molecule has 0 bridgehead atoms. The predicted molar refractivity (Wildman–Crippen MR) is 55.0 cm³/mol. The summed E-state index contributed by atoms with van der Waals surface area (Å²) in [6.45, 7) is 1.25. The Bertz CT molecular complexity index is 265. The van der Waals surface area contributed by atoms with Crippen LogP contribution in [0.15, 0.2) is 24.3 Å². The minimum absolute atomic E-state index is 0.0663. The zero-order valence-electron chi connectivity index (χ0n) is 8.91. The number of hydrogen-bond donors (Lipinski definition) is 1. The third-order valence-corrected chi connectivity index (χ3v) is 1.31. The molecule has 0 aliphatic carbocycles. The molecule has 0 spiro atoms. The van der Waals surface area contributed by atoms with E-state index in [0.717, 1.165) is 0 Å². The summed E-state index contributed by atoms with van der Waals surface area (Å²) >= 11 is 0. The van der Waals surface area contributed by atoms with Gasteiger partial charge in [0.1, 0.15) is 5.75 Å². The second kappa shape index (κ2) is 8.17. The fraction of sp³-hybridized carbons (Fsp3) is 0.455. The summed E-state index contributed by atoms with van der Waals surface area (Å²) in [7, 11) is 0. The van der Waals surface area contributed by atoms with E-state index in [4.69, 9.17) is 5.11 Å². The Balaban J connectivity index is 0.000000583. The largest absolute Gasteiger partial charge is 0.435 e. The average Bonchev–Trinajstić information content (AvgIpc) is 2.18. The number of aliphatic hydroxyl groups is 1. The van der Waals surface area contributed by atoms with Crippen molar-refractivity contribution in [3.05, 3.63) is 29.8 Å². The van der Waals surface area contributed by atoms with E-state index in [2.05, 4.69) is 18.6 Å². The van der Waals surface area contributed by atoms with E-state index in [0.29, 0.717) is 5.56 Å². The van der Waals surface area contributed by atoms with Gasteiger partial charge in [-0.1, -0.05) is 32.4 Å². The van der Waals surface area contributed by atoms with E-state index in [1.165, 1.54) is 18.6 Å². The second-order valence-electron chi connectivity index (χ2n) is 2.89. The Labute approximate surface area is 88.5 Å². The zero-order chi connectivity index (χ0) is 11.7. The lowest BCUT2D eigenvalue weighted by atomic mass is 10.2. The molecule has 0 amide bonds. The molecule has 1 rings (SSSR count). The van der Waals surface area contributed by atoms with Gasteiger partial charge in [0.05, 0.1) is 6.61 Å². The van der Waals surface area contributed by atoms with Gasteiger partial charge >= 0.3 is 6.61 Å². The summed E-state index contributed by atoms with van der Waals surface area (Å²) in [5.74, 6) is 0.0663. The van der Waals surface area contributed by atoms with Crippen LogP contribution in [0.5, 0.6) is 5.75 Å². The number of benzene rings is 1. The number of rotatable bonds is 3. The van der Waals surface area contributed by atoms with Crippen molar-refractivity contribution in [2.24, 2.45) is 0 Å². The van der Waals surface area contributed by atoms with E-state index in [1.807, 2.05) is 0 Å². The van der Waals surface area contributed by atoms with Gasteiger partial charge in [-0.25, -0.2) is 0 Å². The minimum atomic E-state index is -2.82. The molecule has 0 atom stereocenters. The summed E-state index contributed by atoms with van der Waals surface area (Å²) in [6.07, 6.45) is 1.25. The first kappa shape index (κ1) is 13.8. The van der Waals surface area contributed by atoms with E-state index in [9.17, 15) is 8.78 Å². The Morgan fingerprint density at radius 2 is 1.93 bits per heavy atom. The number of ether oxygens (including phenoxy) is 1. The standard InChI is InChI=1S/C8H8F2O2.C3H8/c9-8(10)12-7-3-1-2-6(4-7)5-11;1-3-2/h1-4,8,11H,5H2;3H2,1-2H3. The van der Waals surface area contributed by atoms with Crippen LogP contribution in [0.1, 0.15) is 25.8 Å². The SMILES string of the molecule is CCC.OCc1cccc(OC(F)F)c1. The Morgan fingerprint density at radius 3 is 2.40 bits per heavy atom. The molecule has 0 saturated carbocycles. The van der Waals surface area contributed by atoms with Crippen molar-refractivity contribution < 1.29 is 18.6 Å². The molecule has 0 aliphatic rings. The highest BCUT2D eigenvalue weighted by atomic mass is 19.3. The summed E-state index contributed by atoms with van der Waals surface area (Å²) < 4.78 is 27.5. The molecule has 0 heterocycles. The van der Waals surface area contributed by atoms with Crippen molar-refractivity contribution in [3.63, 3.8) is 0 Å². The fourth-order valence-corrected chi connectivity index (χ4v) is 0.820. The maximum absolute atomic E-state index is 11.7. The Kier molecular flexibility index (Phi) is 7.54. The maximum atomic E-state index is 11.7. The zero-order valence-corrected chi connectivity index (χ0v) is 8.91. The van der Waals surface area contributed by atoms with E-state index in [-0.39, 0.29) is 12.4 Å². The van der Waals surface area contributed by atoms with Crippen molar-refractivity contribution in [1.82, 2.24) is 0 Å². The molecule has 15 heavy (non-hydrogen) atoms. The monoisotopic (exact) mass is 218 g/mol. The molecule has 0 aliphatic heterocycles. The van der Waals surface area contributed by atoms with Crippen molar-refractivity contribution in [3.8, 4) is 5.75 Å². The van der Waals surface area contributed by atoms with Gasteiger partial charge in [-0.2, -0.15) is 8.78 Å². The van der Waals surface area contributed by atoms with Crippen LogP contribution in [0.2, 0.25) is 0 Å². The minimum Gasteiger partial charge on any atom is -0.435 e. The first-order valence-corrected chi connectivity index (χ1v) is 4.78. The Hall–Kier alpha value is -1.16. The third kappa shape index (κ3) is 6.85. The first-order valence-electron chi connectivity index (χ1n) is 4.78. The van der Waals surface area contributed by atoms with E-state index >= 15 is 0 Å². The summed E-state index contributed by atoms with van der Waals surface area (Å²) in [4.78, 5) is 0. The van der Waals surface area contributed by atoms with E-state index < -0.39 is 6.61 Å². The molecule has 0 saturated heterocycles. The molecule has 1 aromatic rings. The summed E-state index contributed by atoms with van der Waals surface area (Å²) in [5, 5.41) is 8.65. The predicted octanol–water partition coefficient (Wildman–Crippen LogP) is 3.20. The smallest absolute Gasteiger partial charge is 0.387 e. The van der Waals surface area contributed by atoms with Crippen molar-refractivity contribution in [2.75, 3.05) is 0 Å². The third-order valence-electron chi connectivity index (χ3n) is 1.31. The average molecular weight is 218 g/mol. The molecule has 0 fully saturated rings. The molecule has 0 unspecified atom stereocenters. The molecular weight excluding hydrogens is 202 g/mol. The van der Waals surface area contributed by atoms with Crippen LogP contribution in [0.3, 0.4) is 0 Å². The normalized spacial score (nSPS) is 9.47. The van der Waals surface area contributed by atoms with Crippen LogP contribution >= 0.6 is 0 Å². The fourth-order valence-electron chi connectivity index (χ4n) is 0.820. The van der Waals surface area contributed by atoms with E-state index in [1.54, 1.807) is 12.1 Å². The van der Waals surface area contributed by atoms with Crippen LogP contribution in [0.25, 0.3) is 0 Å².